The third kappa shape index (κ3) is 3.07. The van der Waals surface area contributed by atoms with Crippen LogP contribution in [0.3, 0.4) is 0 Å². The van der Waals surface area contributed by atoms with Gasteiger partial charge >= 0.3 is 0 Å². The first-order valence-electron chi connectivity index (χ1n) is 8.76. The summed E-state index contributed by atoms with van der Waals surface area (Å²) in [6, 6.07) is 12.4. The van der Waals surface area contributed by atoms with Crippen LogP contribution < -0.4 is 0 Å². The summed E-state index contributed by atoms with van der Waals surface area (Å²) in [6.45, 7) is 1.83. The van der Waals surface area contributed by atoms with E-state index in [0.29, 0.717) is 5.82 Å². The number of fused-ring (bicyclic) bond motifs is 1. The molecule has 0 aliphatic heterocycles. The van der Waals surface area contributed by atoms with Crippen LogP contribution in [0.25, 0.3) is 11.0 Å². The molecule has 2 heterocycles. The molecule has 0 saturated carbocycles. The second-order valence-electron chi connectivity index (χ2n) is 6.67. The standard InChI is InChI=1S/C21H18N4O3/c1-13-7-8-18(26)15(9-13)21(28)14-11-22-25(12-14)20(27)10-19-23-16-5-3-4-6-17(16)24(19)2/h3-9,11-12,26H,10H2,1-2H3. The third-order valence-corrected chi connectivity index (χ3v) is 4.69. The van der Waals surface area contributed by atoms with Gasteiger partial charge in [-0.3, -0.25) is 9.59 Å². The molecule has 0 aliphatic carbocycles. The second kappa shape index (κ2) is 6.77. The first-order valence-corrected chi connectivity index (χ1v) is 8.76. The van der Waals surface area contributed by atoms with E-state index >= 15 is 0 Å². The van der Waals surface area contributed by atoms with Gasteiger partial charge in [0.1, 0.15) is 11.6 Å². The molecule has 0 bridgehead atoms. The number of carbonyl (C=O) groups excluding carboxylic acids is 2. The van der Waals surface area contributed by atoms with Crippen molar-refractivity contribution in [1.29, 1.82) is 0 Å². The Kier molecular flexibility index (Phi) is 4.27. The fraction of sp³-hybridized carbons (Fsp3) is 0.143. The number of aryl methyl sites for hydroxylation is 2. The minimum Gasteiger partial charge on any atom is -0.507 e. The number of hydrogen-bond donors (Lipinski definition) is 1. The van der Waals surface area contributed by atoms with E-state index in [9.17, 15) is 14.7 Å². The van der Waals surface area contributed by atoms with Crippen molar-refractivity contribution in [1.82, 2.24) is 19.3 Å². The maximum Gasteiger partial charge on any atom is 0.254 e. The number of aromatic hydroxyl groups is 1. The highest BCUT2D eigenvalue weighted by Crippen LogP contribution is 2.22. The molecule has 1 N–H and O–H groups in total. The lowest BCUT2D eigenvalue weighted by Gasteiger charge is -2.03. The molecular weight excluding hydrogens is 356 g/mol. The zero-order valence-corrected chi connectivity index (χ0v) is 15.5. The molecule has 4 aromatic rings. The predicted octanol–water partition coefficient (Wildman–Crippen LogP) is 2.90. The smallest absolute Gasteiger partial charge is 0.254 e. The van der Waals surface area contributed by atoms with Crippen molar-refractivity contribution >= 4 is 22.7 Å². The van der Waals surface area contributed by atoms with Crippen molar-refractivity contribution in [2.75, 3.05) is 0 Å². The SMILES string of the molecule is Cc1ccc(O)c(C(=O)c2cnn(C(=O)Cc3nc4ccccc4n3C)c2)c1. The van der Waals surface area contributed by atoms with Crippen LogP contribution >= 0.6 is 0 Å². The molecule has 0 fully saturated rings. The van der Waals surface area contributed by atoms with Crippen LogP contribution in [0.5, 0.6) is 5.75 Å². The maximum absolute atomic E-state index is 12.6. The Balaban J connectivity index is 1.58. The molecule has 0 aliphatic rings. The molecule has 0 amide bonds. The number of ketones is 1. The molecule has 140 valence electrons. The first-order chi connectivity index (χ1) is 13.4. The molecule has 0 saturated heterocycles. The monoisotopic (exact) mass is 374 g/mol. The quantitative estimate of drug-likeness (QED) is 0.555. The number of phenols is 1. The van der Waals surface area contributed by atoms with Gasteiger partial charge in [-0.15, -0.1) is 0 Å². The fourth-order valence-corrected chi connectivity index (χ4v) is 3.13. The Morgan fingerprint density at radius 2 is 1.93 bits per heavy atom. The van der Waals surface area contributed by atoms with Gasteiger partial charge < -0.3 is 9.67 Å². The Bertz CT molecular complexity index is 1220. The average molecular weight is 374 g/mol. The van der Waals surface area contributed by atoms with Crippen molar-refractivity contribution in [2.24, 2.45) is 7.05 Å². The molecule has 0 radical (unpaired) electrons. The summed E-state index contributed by atoms with van der Waals surface area (Å²) in [5.74, 6) is -0.172. The number of imidazole rings is 1. The van der Waals surface area contributed by atoms with E-state index in [2.05, 4.69) is 10.1 Å². The van der Waals surface area contributed by atoms with Crippen LogP contribution in [0, 0.1) is 6.92 Å². The zero-order valence-electron chi connectivity index (χ0n) is 15.5. The molecule has 7 nitrogen and oxygen atoms in total. The molecule has 2 aromatic carbocycles. The Labute approximate surface area is 160 Å². The number of rotatable bonds is 4. The summed E-state index contributed by atoms with van der Waals surface area (Å²) in [5, 5.41) is 14.0. The molecule has 0 atom stereocenters. The number of carbonyl (C=O) groups is 2. The van der Waals surface area contributed by atoms with Crippen molar-refractivity contribution in [3.8, 4) is 5.75 Å². The lowest BCUT2D eigenvalue weighted by atomic mass is 10.0. The van der Waals surface area contributed by atoms with Gasteiger partial charge in [0.15, 0.2) is 5.78 Å². The molecule has 4 rings (SSSR count). The number of nitrogens with zero attached hydrogens (tertiary/aromatic N) is 4. The number of benzene rings is 2. The van der Waals surface area contributed by atoms with Gasteiger partial charge in [-0.2, -0.15) is 5.10 Å². The minimum absolute atomic E-state index is 0.0518. The second-order valence-corrected chi connectivity index (χ2v) is 6.67. The van der Waals surface area contributed by atoms with E-state index < -0.39 is 0 Å². The lowest BCUT2D eigenvalue weighted by Crippen LogP contribution is -2.16. The summed E-state index contributed by atoms with van der Waals surface area (Å²) in [7, 11) is 1.86. The van der Waals surface area contributed by atoms with Crippen molar-refractivity contribution in [3.63, 3.8) is 0 Å². The Morgan fingerprint density at radius 3 is 2.71 bits per heavy atom. The summed E-state index contributed by atoms with van der Waals surface area (Å²) in [6.07, 6.45) is 2.77. The number of phenolic OH excluding ortho intramolecular Hbond substituents is 1. The van der Waals surface area contributed by atoms with Gasteiger partial charge in [0.25, 0.3) is 5.91 Å². The predicted molar refractivity (Wildman–Crippen MR) is 104 cm³/mol. The van der Waals surface area contributed by atoms with Crippen molar-refractivity contribution < 1.29 is 14.7 Å². The molecule has 28 heavy (non-hydrogen) atoms. The zero-order chi connectivity index (χ0) is 19.8. The van der Waals surface area contributed by atoms with Gasteiger partial charge in [-0.1, -0.05) is 23.8 Å². The van der Waals surface area contributed by atoms with Crippen LogP contribution in [-0.2, 0) is 13.5 Å². The largest absolute Gasteiger partial charge is 0.507 e. The summed E-state index contributed by atoms with van der Waals surface area (Å²) in [4.78, 5) is 29.8. The molecule has 0 unspecified atom stereocenters. The van der Waals surface area contributed by atoms with Crippen LogP contribution in [0.2, 0.25) is 0 Å². The molecule has 7 heteroatoms. The summed E-state index contributed by atoms with van der Waals surface area (Å²) < 4.78 is 3.01. The van der Waals surface area contributed by atoms with E-state index in [-0.39, 0.29) is 35.0 Å². The van der Waals surface area contributed by atoms with Gasteiger partial charge in [0, 0.05) is 13.2 Å². The number of hydrogen-bond acceptors (Lipinski definition) is 5. The van der Waals surface area contributed by atoms with Gasteiger partial charge in [-0.05, 0) is 31.2 Å². The maximum atomic E-state index is 12.6. The number of aromatic nitrogens is 4. The Morgan fingerprint density at radius 1 is 1.14 bits per heavy atom. The van der Waals surface area contributed by atoms with E-state index in [0.717, 1.165) is 21.3 Å². The highest BCUT2D eigenvalue weighted by Gasteiger charge is 2.19. The number of para-hydroxylation sites is 2. The van der Waals surface area contributed by atoms with Crippen LogP contribution in [-0.4, -0.2) is 36.1 Å². The topological polar surface area (TPSA) is 90.0 Å². The normalized spacial score (nSPS) is 11.1. The van der Waals surface area contributed by atoms with Crippen molar-refractivity contribution in [2.45, 2.75) is 13.3 Å². The summed E-state index contributed by atoms with van der Waals surface area (Å²) in [5.41, 5.74) is 3.03. The molecule has 0 spiro atoms. The first kappa shape index (κ1) is 17.7. The van der Waals surface area contributed by atoms with Gasteiger partial charge in [0.2, 0.25) is 0 Å². The van der Waals surface area contributed by atoms with E-state index in [1.165, 1.54) is 18.5 Å². The van der Waals surface area contributed by atoms with Crippen LogP contribution in [0.4, 0.5) is 0 Å². The Hall–Kier alpha value is -3.74. The average Bonchev–Trinajstić information content (AvgIpc) is 3.29. The molecule has 2 aromatic heterocycles. The lowest BCUT2D eigenvalue weighted by molar-refractivity contribution is 0.0895. The highest BCUT2D eigenvalue weighted by atomic mass is 16.3. The van der Waals surface area contributed by atoms with Crippen molar-refractivity contribution in [3.05, 3.63) is 77.4 Å². The van der Waals surface area contributed by atoms with E-state index in [4.69, 9.17) is 0 Å². The van der Waals surface area contributed by atoms with Gasteiger partial charge in [-0.25, -0.2) is 9.67 Å². The van der Waals surface area contributed by atoms with Crippen LogP contribution in [0.15, 0.2) is 54.9 Å². The van der Waals surface area contributed by atoms with Gasteiger partial charge in [0.05, 0.1) is 34.8 Å². The van der Waals surface area contributed by atoms with Crippen LogP contribution in [0.1, 0.15) is 32.1 Å². The van der Waals surface area contributed by atoms with E-state index in [1.807, 2.05) is 42.8 Å². The highest BCUT2D eigenvalue weighted by molar-refractivity contribution is 6.10. The fourth-order valence-electron chi connectivity index (χ4n) is 3.13. The van der Waals surface area contributed by atoms with E-state index in [1.54, 1.807) is 12.1 Å². The minimum atomic E-state index is -0.386. The third-order valence-electron chi connectivity index (χ3n) is 4.69. The summed E-state index contributed by atoms with van der Waals surface area (Å²) >= 11 is 0. The molecular formula is C21H18N4O3.